The molecule has 6 nitrogen and oxygen atoms in total. The molecular formula is C10H20N2O4S. The van der Waals surface area contributed by atoms with Gasteiger partial charge in [-0.3, -0.25) is 15.0 Å². The van der Waals surface area contributed by atoms with E-state index in [2.05, 4.69) is 23.5 Å². The second kappa shape index (κ2) is 10.4. The van der Waals surface area contributed by atoms with E-state index in [0.717, 1.165) is 19.3 Å². The van der Waals surface area contributed by atoms with E-state index < -0.39 is 18.0 Å². The summed E-state index contributed by atoms with van der Waals surface area (Å²) in [6, 6.07) is -0.689. The zero-order chi connectivity index (χ0) is 13.1. The number of hydrogen-bond acceptors (Lipinski definition) is 5. The third kappa shape index (κ3) is 10.1. The van der Waals surface area contributed by atoms with E-state index in [4.69, 9.17) is 10.2 Å². The summed E-state index contributed by atoms with van der Waals surface area (Å²) in [5, 5.41) is 17.1. The zero-order valence-corrected chi connectivity index (χ0v) is 10.6. The molecule has 0 aromatic rings. The molecule has 0 heterocycles. The third-order valence-corrected chi connectivity index (χ3v) is 2.56. The topological polar surface area (TPSA) is 98.7 Å². The first-order valence-electron chi connectivity index (χ1n) is 5.61. The van der Waals surface area contributed by atoms with Gasteiger partial charge in [0.05, 0.1) is 0 Å². The van der Waals surface area contributed by atoms with Crippen molar-refractivity contribution < 1.29 is 19.8 Å². The van der Waals surface area contributed by atoms with Crippen LogP contribution in [-0.4, -0.2) is 40.5 Å². The molecule has 0 amide bonds. The van der Waals surface area contributed by atoms with Gasteiger partial charge in [-0.25, -0.2) is 5.43 Å². The van der Waals surface area contributed by atoms with Gasteiger partial charge in [-0.1, -0.05) is 12.8 Å². The van der Waals surface area contributed by atoms with Gasteiger partial charge in [-0.15, -0.1) is 0 Å². The number of carbonyl (C=O) groups is 2. The van der Waals surface area contributed by atoms with Crippen LogP contribution in [0.3, 0.4) is 0 Å². The van der Waals surface area contributed by atoms with Crippen molar-refractivity contribution in [1.29, 1.82) is 0 Å². The molecule has 17 heavy (non-hydrogen) atoms. The lowest BCUT2D eigenvalue weighted by molar-refractivity contribution is -0.139. The Hall–Kier alpha value is -0.790. The fourth-order valence-corrected chi connectivity index (χ4v) is 1.47. The first-order valence-corrected chi connectivity index (χ1v) is 6.25. The summed E-state index contributed by atoms with van der Waals surface area (Å²) >= 11 is 3.91. The summed E-state index contributed by atoms with van der Waals surface area (Å²) in [4.78, 5) is 20.8. The van der Waals surface area contributed by atoms with Crippen molar-refractivity contribution in [2.24, 2.45) is 0 Å². The molecule has 100 valence electrons. The molecule has 7 heteroatoms. The molecule has 0 aliphatic heterocycles. The normalized spacial score (nSPS) is 12.3. The SMILES string of the molecule is O=C(O)CCCCCCNN[C@@H](CS)C(=O)O. The van der Waals surface area contributed by atoms with Crippen LogP contribution < -0.4 is 10.9 Å². The maximum Gasteiger partial charge on any atom is 0.322 e. The smallest absolute Gasteiger partial charge is 0.322 e. The van der Waals surface area contributed by atoms with Gasteiger partial charge in [0.15, 0.2) is 0 Å². The Balaban J connectivity index is 3.28. The first kappa shape index (κ1) is 16.2. The predicted octanol–water partition coefficient (Wildman–Crippen LogP) is 0.499. The van der Waals surface area contributed by atoms with E-state index >= 15 is 0 Å². The molecule has 0 aromatic carbocycles. The third-order valence-electron chi connectivity index (χ3n) is 2.20. The van der Waals surface area contributed by atoms with Crippen molar-refractivity contribution in [3.63, 3.8) is 0 Å². The molecule has 0 saturated carbocycles. The van der Waals surface area contributed by atoms with Gasteiger partial charge < -0.3 is 10.2 Å². The van der Waals surface area contributed by atoms with E-state index in [1.54, 1.807) is 0 Å². The molecular weight excluding hydrogens is 244 g/mol. The quantitative estimate of drug-likeness (QED) is 0.212. The Kier molecular flexibility index (Phi) is 9.89. The molecule has 0 aliphatic rings. The van der Waals surface area contributed by atoms with Crippen LogP contribution in [0, 0.1) is 0 Å². The van der Waals surface area contributed by atoms with Crippen LogP contribution in [0.1, 0.15) is 32.1 Å². The highest BCUT2D eigenvalue weighted by molar-refractivity contribution is 7.80. The van der Waals surface area contributed by atoms with Gasteiger partial charge in [0, 0.05) is 18.7 Å². The minimum absolute atomic E-state index is 0.215. The number of thiol groups is 1. The average Bonchev–Trinajstić information content (AvgIpc) is 2.26. The number of rotatable bonds is 11. The maximum atomic E-state index is 10.6. The number of carboxylic acid groups (broad SMARTS) is 2. The van der Waals surface area contributed by atoms with Crippen LogP contribution >= 0.6 is 12.6 Å². The van der Waals surface area contributed by atoms with Crippen molar-refractivity contribution in [1.82, 2.24) is 10.9 Å². The summed E-state index contributed by atoms with van der Waals surface area (Å²) in [5.41, 5.74) is 5.48. The molecule has 0 saturated heterocycles. The van der Waals surface area contributed by atoms with E-state index in [1.165, 1.54) is 0 Å². The Morgan fingerprint density at radius 2 is 1.76 bits per heavy atom. The minimum atomic E-state index is -0.936. The molecule has 0 aromatic heterocycles. The van der Waals surface area contributed by atoms with Gasteiger partial charge in [-0.2, -0.15) is 12.6 Å². The van der Waals surface area contributed by atoms with Crippen LogP contribution in [0.25, 0.3) is 0 Å². The van der Waals surface area contributed by atoms with E-state index in [0.29, 0.717) is 13.0 Å². The van der Waals surface area contributed by atoms with Gasteiger partial charge in [0.1, 0.15) is 6.04 Å². The van der Waals surface area contributed by atoms with Gasteiger partial charge >= 0.3 is 11.9 Å². The van der Waals surface area contributed by atoms with Gasteiger partial charge in [-0.05, 0) is 12.8 Å². The molecule has 0 bridgehead atoms. The fraction of sp³-hybridized carbons (Fsp3) is 0.800. The van der Waals surface area contributed by atoms with Crippen molar-refractivity contribution in [2.75, 3.05) is 12.3 Å². The number of carboxylic acids is 2. The molecule has 4 N–H and O–H groups in total. The standard InChI is InChI=1S/C10H20N2O4S/c13-9(14)5-3-1-2-4-6-11-12-8(7-17)10(15)16/h8,11-12,17H,1-7H2,(H,13,14)(H,15,16)/t8-/m0/s1. The van der Waals surface area contributed by atoms with E-state index in [1.807, 2.05) is 0 Å². The van der Waals surface area contributed by atoms with Crippen molar-refractivity contribution in [3.05, 3.63) is 0 Å². The van der Waals surface area contributed by atoms with Crippen LogP contribution in [0.2, 0.25) is 0 Å². The zero-order valence-electron chi connectivity index (χ0n) is 9.69. The number of hydrogen-bond donors (Lipinski definition) is 5. The molecule has 0 fully saturated rings. The number of nitrogens with one attached hydrogen (secondary N) is 2. The highest BCUT2D eigenvalue weighted by atomic mass is 32.1. The lowest BCUT2D eigenvalue weighted by Crippen LogP contribution is -2.46. The number of unbranched alkanes of at least 4 members (excludes halogenated alkanes) is 3. The van der Waals surface area contributed by atoms with Crippen molar-refractivity contribution in [3.8, 4) is 0 Å². The number of aliphatic carboxylic acids is 2. The summed E-state index contributed by atoms with van der Waals surface area (Å²) in [5.74, 6) is -1.47. The van der Waals surface area contributed by atoms with E-state index in [-0.39, 0.29) is 12.2 Å². The molecule has 0 rings (SSSR count). The Labute approximate surface area is 106 Å². The molecule has 0 aliphatic carbocycles. The molecule has 1 atom stereocenters. The van der Waals surface area contributed by atoms with Gasteiger partial charge in [0.2, 0.25) is 0 Å². The first-order chi connectivity index (χ1) is 8.07. The minimum Gasteiger partial charge on any atom is -0.481 e. The summed E-state index contributed by atoms with van der Waals surface area (Å²) in [6.07, 6.45) is 3.60. The van der Waals surface area contributed by atoms with Gasteiger partial charge in [0.25, 0.3) is 0 Å². The van der Waals surface area contributed by atoms with Crippen molar-refractivity contribution >= 4 is 24.6 Å². The molecule has 0 radical (unpaired) electrons. The summed E-state index contributed by atoms with van der Waals surface area (Å²) < 4.78 is 0. The second-order valence-electron chi connectivity index (χ2n) is 3.70. The summed E-state index contributed by atoms with van der Waals surface area (Å²) in [6.45, 7) is 0.657. The van der Waals surface area contributed by atoms with E-state index in [9.17, 15) is 9.59 Å². The molecule has 0 spiro atoms. The summed E-state index contributed by atoms with van der Waals surface area (Å²) in [7, 11) is 0. The predicted molar refractivity (Wildman–Crippen MR) is 67.1 cm³/mol. The lowest BCUT2D eigenvalue weighted by Gasteiger charge is -2.12. The highest BCUT2D eigenvalue weighted by Gasteiger charge is 2.13. The lowest BCUT2D eigenvalue weighted by atomic mass is 10.1. The number of hydrazine groups is 1. The monoisotopic (exact) mass is 264 g/mol. The maximum absolute atomic E-state index is 10.6. The highest BCUT2D eigenvalue weighted by Crippen LogP contribution is 2.01. The van der Waals surface area contributed by atoms with Crippen molar-refractivity contribution in [2.45, 2.75) is 38.1 Å². The van der Waals surface area contributed by atoms with Crippen LogP contribution in [0.5, 0.6) is 0 Å². The fourth-order valence-electron chi connectivity index (χ4n) is 1.22. The Morgan fingerprint density at radius 1 is 1.12 bits per heavy atom. The Bertz CT molecular complexity index is 238. The largest absolute Gasteiger partial charge is 0.481 e. The second-order valence-corrected chi connectivity index (χ2v) is 4.07. The van der Waals surface area contributed by atoms with Crippen LogP contribution in [-0.2, 0) is 9.59 Å². The molecule has 0 unspecified atom stereocenters. The Morgan fingerprint density at radius 3 is 2.29 bits per heavy atom. The van der Waals surface area contributed by atoms with Crippen LogP contribution in [0.4, 0.5) is 0 Å². The average molecular weight is 264 g/mol. The van der Waals surface area contributed by atoms with Crippen LogP contribution in [0.15, 0.2) is 0 Å².